The first-order valence-electron chi connectivity index (χ1n) is 2.07. The van der Waals surface area contributed by atoms with Crippen molar-refractivity contribution in [2.75, 3.05) is 0 Å². The Bertz CT molecular complexity index is 210. The minimum Gasteiger partial charge on any atom is -0.502 e. The van der Waals surface area contributed by atoms with Gasteiger partial charge in [0, 0.05) is 0 Å². The summed E-state index contributed by atoms with van der Waals surface area (Å²) in [5.41, 5.74) is 0. The van der Waals surface area contributed by atoms with Crippen molar-refractivity contribution in [1.82, 2.24) is 9.97 Å². The van der Waals surface area contributed by atoms with Crippen LogP contribution in [0.2, 0.25) is 5.15 Å². The SMILES string of the molecule is Oc1c(F)ncnc1Cl. The molecule has 9 heavy (non-hydrogen) atoms. The van der Waals surface area contributed by atoms with E-state index in [9.17, 15) is 4.39 Å². The van der Waals surface area contributed by atoms with Gasteiger partial charge in [-0.05, 0) is 0 Å². The van der Waals surface area contributed by atoms with Crippen LogP contribution in [0.5, 0.6) is 5.75 Å². The van der Waals surface area contributed by atoms with Crippen LogP contribution in [0.3, 0.4) is 0 Å². The highest BCUT2D eigenvalue weighted by Gasteiger charge is 2.04. The van der Waals surface area contributed by atoms with E-state index in [2.05, 4.69) is 9.97 Å². The standard InChI is InChI=1S/C4H2ClFN2O/c5-3-2(9)4(6)8-1-7-3/h1,9H. The third-order valence-corrected chi connectivity index (χ3v) is 1.01. The van der Waals surface area contributed by atoms with Gasteiger partial charge in [0.25, 0.3) is 5.95 Å². The van der Waals surface area contributed by atoms with Gasteiger partial charge in [0.2, 0.25) is 5.75 Å². The lowest BCUT2D eigenvalue weighted by atomic mass is 10.6. The van der Waals surface area contributed by atoms with E-state index in [0.29, 0.717) is 0 Å². The predicted octanol–water partition coefficient (Wildman–Crippen LogP) is 0.975. The molecule has 1 N–H and O–H groups in total. The molecule has 1 rings (SSSR count). The average molecular weight is 149 g/mol. The number of rotatable bonds is 0. The molecular weight excluding hydrogens is 147 g/mol. The second-order valence-electron chi connectivity index (χ2n) is 1.30. The molecule has 0 spiro atoms. The van der Waals surface area contributed by atoms with Crippen molar-refractivity contribution >= 4 is 11.6 Å². The van der Waals surface area contributed by atoms with Crippen molar-refractivity contribution < 1.29 is 9.50 Å². The Morgan fingerprint density at radius 2 is 2.22 bits per heavy atom. The van der Waals surface area contributed by atoms with Crippen LogP contribution in [0.15, 0.2) is 6.33 Å². The molecule has 3 nitrogen and oxygen atoms in total. The molecule has 0 aliphatic carbocycles. The largest absolute Gasteiger partial charge is 0.502 e. The van der Waals surface area contributed by atoms with Crippen molar-refractivity contribution in [2.24, 2.45) is 0 Å². The first kappa shape index (κ1) is 6.22. The molecule has 0 aromatic carbocycles. The molecule has 1 heterocycles. The van der Waals surface area contributed by atoms with Crippen molar-refractivity contribution in [1.29, 1.82) is 0 Å². The molecular formula is C4H2ClFN2O. The summed E-state index contributed by atoms with van der Waals surface area (Å²) in [7, 11) is 0. The number of nitrogens with zero attached hydrogens (tertiary/aromatic N) is 2. The van der Waals surface area contributed by atoms with E-state index in [1.807, 2.05) is 0 Å². The van der Waals surface area contributed by atoms with Crippen molar-refractivity contribution in [3.8, 4) is 5.75 Å². The van der Waals surface area contributed by atoms with Crippen LogP contribution in [-0.4, -0.2) is 15.1 Å². The van der Waals surface area contributed by atoms with E-state index in [4.69, 9.17) is 16.7 Å². The van der Waals surface area contributed by atoms with Gasteiger partial charge < -0.3 is 5.11 Å². The molecule has 0 fully saturated rings. The van der Waals surface area contributed by atoms with E-state index < -0.39 is 11.7 Å². The van der Waals surface area contributed by atoms with Gasteiger partial charge in [-0.15, -0.1) is 0 Å². The van der Waals surface area contributed by atoms with Crippen LogP contribution >= 0.6 is 11.6 Å². The monoisotopic (exact) mass is 148 g/mol. The molecule has 1 aromatic rings. The van der Waals surface area contributed by atoms with E-state index in [1.165, 1.54) is 0 Å². The van der Waals surface area contributed by atoms with E-state index in [0.717, 1.165) is 6.33 Å². The first-order valence-corrected chi connectivity index (χ1v) is 2.44. The van der Waals surface area contributed by atoms with Crippen LogP contribution in [0.25, 0.3) is 0 Å². The van der Waals surface area contributed by atoms with E-state index in [1.54, 1.807) is 0 Å². The van der Waals surface area contributed by atoms with Gasteiger partial charge in [0.1, 0.15) is 6.33 Å². The van der Waals surface area contributed by atoms with Crippen molar-refractivity contribution in [3.63, 3.8) is 0 Å². The van der Waals surface area contributed by atoms with E-state index >= 15 is 0 Å². The fraction of sp³-hybridized carbons (Fsp3) is 0. The third-order valence-electron chi connectivity index (χ3n) is 0.733. The molecule has 0 bridgehead atoms. The molecule has 0 aliphatic heterocycles. The molecule has 0 amide bonds. The number of halogens is 2. The third kappa shape index (κ3) is 1.08. The minimum atomic E-state index is -1.00. The fourth-order valence-electron chi connectivity index (χ4n) is 0.338. The topological polar surface area (TPSA) is 46.0 Å². The van der Waals surface area contributed by atoms with Crippen LogP contribution in [0, 0.1) is 5.95 Å². The Labute approximate surface area is 55.1 Å². The van der Waals surface area contributed by atoms with Gasteiger partial charge in [-0.1, -0.05) is 11.6 Å². The molecule has 0 saturated heterocycles. The smallest absolute Gasteiger partial charge is 0.259 e. The number of aromatic nitrogens is 2. The number of hydrogen-bond donors (Lipinski definition) is 1. The van der Waals surface area contributed by atoms with Crippen molar-refractivity contribution in [2.45, 2.75) is 0 Å². The average Bonchev–Trinajstić information content (AvgIpc) is 1.83. The first-order chi connectivity index (χ1) is 4.22. The lowest BCUT2D eigenvalue weighted by Gasteiger charge is -1.91. The Morgan fingerprint density at radius 3 is 2.67 bits per heavy atom. The maximum Gasteiger partial charge on any atom is 0.259 e. The zero-order valence-electron chi connectivity index (χ0n) is 4.17. The Hall–Kier alpha value is -0.900. The molecule has 0 aliphatic rings. The maximum absolute atomic E-state index is 12.1. The van der Waals surface area contributed by atoms with E-state index in [-0.39, 0.29) is 5.15 Å². The maximum atomic E-state index is 12.1. The molecule has 5 heteroatoms. The Morgan fingerprint density at radius 1 is 1.56 bits per heavy atom. The van der Waals surface area contributed by atoms with Gasteiger partial charge in [-0.2, -0.15) is 4.39 Å². The molecule has 0 atom stereocenters. The highest BCUT2D eigenvalue weighted by Crippen LogP contribution is 2.20. The second kappa shape index (κ2) is 2.14. The number of aromatic hydroxyl groups is 1. The van der Waals surface area contributed by atoms with Gasteiger partial charge >= 0.3 is 0 Å². The zero-order chi connectivity index (χ0) is 6.85. The van der Waals surface area contributed by atoms with Gasteiger partial charge in [0.05, 0.1) is 0 Å². The van der Waals surface area contributed by atoms with Gasteiger partial charge in [-0.3, -0.25) is 0 Å². The summed E-state index contributed by atoms with van der Waals surface area (Å²) in [5, 5.41) is 8.30. The van der Waals surface area contributed by atoms with Gasteiger partial charge in [0.15, 0.2) is 5.15 Å². The quantitative estimate of drug-likeness (QED) is 0.558. The fourth-order valence-corrected chi connectivity index (χ4v) is 0.459. The molecule has 1 aromatic heterocycles. The summed E-state index contributed by atoms with van der Waals surface area (Å²) in [6, 6.07) is 0. The highest BCUT2D eigenvalue weighted by atomic mass is 35.5. The lowest BCUT2D eigenvalue weighted by Crippen LogP contribution is -1.85. The summed E-state index contributed by atoms with van der Waals surface area (Å²) < 4.78 is 12.1. The van der Waals surface area contributed by atoms with Crippen molar-refractivity contribution in [3.05, 3.63) is 17.4 Å². The summed E-state index contributed by atoms with van der Waals surface area (Å²) in [5.74, 6) is -1.71. The molecule has 0 radical (unpaired) electrons. The van der Waals surface area contributed by atoms with Crippen LogP contribution < -0.4 is 0 Å². The highest BCUT2D eigenvalue weighted by molar-refractivity contribution is 6.30. The summed E-state index contributed by atoms with van der Waals surface area (Å²) in [6.45, 7) is 0. The Balaban J connectivity index is 3.25. The summed E-state index contributed by atoms with van der Waals surface area (Å²) in [4.78, 5) is 6.33. The summed E-state index contributed by atoms with van der Waals surface area (Å²) in [6.07, 6.45) is 0.928. The summed E-state index contributed by atoms with van der Waals surface area (Å²) >= 11 is 5.17. The molecule has 0 saturated carbocycles. The van der Waals surface area contributed by atoms with Crippen LogP contribution in [0.4, 0.5) is 4.39 Å². The second-order valence-corrected chi connectivity index (χ2v) is 1.66. The van der Waals surface area contributed by atoms with Gasteiger partial charge in [-0.25, -0.2) is 9.97 Å². The molecule has 48 valence electrons. The predicted molar refractivity (Wildman–Crippen MR) is 28.7 cm³/mol. The zero-order valence-corrected chi connectivity index (χ0v) is 4.93. The Kier molecular flexibility index (Phi) is 1.48. The van der Waals surface area contributed by atoms with Crippen LogP contribution in [-0.2, 0) is 0 Å². The minimum absolute atomic E-state index is 0.275. The van der Waals surface area contributed by atoms with Crippen LogP contribution in [0.1, 0.15) is 0 Å². The number of hydrogen-bond acceptors (Lipinski definition) is 3. The molecule has 0 unspecified atom stereocenters. The lowest BCUT2D eigenvalue weighted by molar-refractivity contribution is 0.415. The normalized spacial score (nSPS) is 9.56.